The fourth-order valence-corrected chi connectivity index (χ4v) is 1.62. The summed E-state index contributed by atoms with van der Waals surface area (Å²) in [6.45, 7) is 2.98. The molecule has 0 aliphatic heterocycles. The first-order valence-corrected chi connectivity index (χ1v) is 6.89. The third kappa shape index (κ3) is 5.22. The normalized spacial score (nSPS) is 10.5. The molecule has 0 aromatic heterocycles. The summed E-state index contributed by atoms with van der Waals surface area (Å²) in [5, 5.41) is 25.4. The summed E-state index contributed by atoms with van der Waals surface area (Å²) < 4.78 is 5.11. The summed E-state index contributed by atoms with van der Waals surface area (Å²) >= 11 is 0. The summed E-state index contributed by atoms with van der Waals surface area (Å²) in [5.41, 5.74) is 1.14. The average molecular weight is 312 g/mol. The van der Waals surface area contributed by atoms with Gasteiger partial charge in [0.15, 0.2) is 6.29 Å². The fraction of sp³-hybridized carbons (Fsp3) is 0.500. The summed E-state index contributed by atoms with van der Waals surface area (Å²) in [4.78, 5) is 21.4. The fourth-order valence-electron chi connectivity index (χ4n) is 1.62. The third-order valence-corrected chi connectivity index (χ3v) is 3.28. The lowest BCUT2D eigenvalue weighted by Crippen LogP contribution is -2.29. The lowest BCUT2D eigenvalue weighted by molar-refractivity contribution is 0.0200. The quantitative estimate of drug-likeness (QED) is 0.645. The minimum atomic E-state index is -0.708. The Labute approximate surface area is 130 Å². The summed E-state index contributed by atoms with van der Waals surface area (Å²) in [5.74, 6) is 0.507. The number of hydrogen-bond acceptors (Lipinski definition) is 6. The second kappa shape index (κ2) is 10.0. The van der Waals surface area contributed by atoms with Gasteiger partial charge in [0, 0.05) is 16.5 Å². The summed E-state index contributed by atoms with van der Waals surface area (Å²) in [7, 11) is 1.50. The highest BCUT2D eigenvalue weighted by atomic mass is 16.5. The molecule has 0 radical (unpaired) electrons. The Morgan fingerprint density at radius 3 is 1.77 bits per heavy atom. The number of ether oxygens (including phenoxy) is 1. The third-order valence-electron chi connectivity index (χ3n) is 3.28. The molecular weight excluding hydrogens is 288 g/mol. The first-order valence-electron chi connectivity index (χ1n) is 6.89. The van der Waals surface area contributed by atoms with Gasteiger partial charge in [-0.2, -0.15) is 0 Å². The van der Waals surface area contributed by atoms with Crippen molar-refractivity contribution in [3.8, 4) is 5.75 Å². The molecule has 0 aliphatic rings. The van der Waals surface area contributed by atoms with Crippen molar-refractivity contribution in [2.45, 2.75) is 20.3 Å². The molecule has 0 amide bonds. The Balaban J connectivity index is 0.000000472. The van der Waals surface area contributed by atoms with E-state index < -0.39 is 5.41 Å². The zero-order valence-electron chi connectivity index (χ0n) is 13.2. The van der Waals surface area contributed by atoms with E-state index in [4.69, 9.17) is 20.1 Å². The van der Waals surface area contributed by atoms with Gasteiger partial charge in [-0.1, -0.05) is 19.9 Å². The number of hydrogen-bond donors (Lipinski definition) is 3. The lowest BCUT2D eigenvalue weighted by Gasteiger charge is -2.20. The van der Waals surface area contributed by atoms with Crippen LogP contribution in [0.25, 0.3) is 0 Å². The number of rotatable bonds is 7. The van der Waals surface area contributed by atoms with E-state index in [-0.39, 0.29) is 19.8 Å². The van der Waals surface area contributed by atoms with E-state index in [2.05, 4.69) is 0 Å². The number of carbonyl (C=O) groups is 2. The first-order chi connectivity index (χ1) is 10.5. The largest absolute Gasteiger partial charge is 0.496 e. The number of benzene rings is 1. The molecule has 0 saturated heterocycles. The molecule has 124 valence electrons. The van der Waals surface area contributed by atoms with Crippen LogP contribution in [0.15, 0.2) is 12.1 Å². The molecule has 0 bridgehead atoms. The number of aliphatic hydroxyl groups excluding tert-OH is 3. The molecule has 1 rings (SSSR count). The maximum absolute atomic E-state index is 10.7. The van der Waals surface area contributed by atoms with Crippen molar-refractivity contribution >= 4 is 12.6 Å². The Bertz CT molecular complexity index is 437. The summed E-state index contributed by atoms with van der Waals surface area (Å²) in [6.07, 6.45) is 2.17. The number of carbonyl (C=O) groups excluding carboxylic acids is 2. The minimum Gasteiger partial charge on any atom is -0.496 e. The van der Waals surface area contributed by atoms with Gasteiger partial charge >= 0.3 is 0 Å². The molecule has 0 aliphatic carbocycles. The SMILES string of the molecule is CC(CO)(CO)CO.CCc1c(C=O)ccc(C=O)c1OC. The van der Waals surface area contributed by atoms with Crippen LogP contribution in [0, 0.1) is 5.41 Å². The first kappa shape index (κ1) is 20.2. The van der Waals surface area contributed by atoms with Crippen molar-refractivity contribution in [2.24, 2.45) is 5.41 Å². The molecule has 0 atom stereocenters. The van der Waals surface area contributed by atoms with Crippen molar-refractivity contribution < 1.29 is 29.6 Å². The molecule has 22 heavy (non-hydrogen) atoms. The van der Waals surface area contributed by atoms with Gasteiger partial charge in [-0.15, -0.1) is 0 Å². The number of methoxy groups -OCH3 is 1. The van der Waals surface area contributed by atoms with E-state index >= 15 is 0 Å². The van der Waals surface area contributed by atoms with Gasteiger partial charge in [0.1, 0.15) is 12.0 Å². The lowest BCUT2D eigenvalue weighted by atomic mass is 9.95. The molecule has 0 heterocycles. The maximum Gasteiger partial charge on any atom is 0.153 e. The van der Waals surface area contributed by atoms with Gasteiger partial charge in [-0.05, 0) is 12.5 Å². The van der Waals surface area contributed by atoms with Gasteiger partial charge in [0.25, 0.3) is 0 Å². The van der Waals surface area contributed by atoms with E-state index in [0.717, 1.165) is 18.1 Å². The Morgan fingerprint density at radius 1 is 1.05 bits per heavy atom. The van der Waals surface area contributed by atoms with Crippen LogP contribution >= 0.6 is 0 Å². The topological polar surface area (TPSA) is 104 Å². The van der Waals surface area contributed by atoms with Crippen LogP contribution in [0.3, 0.4) is 0 Å². The van der Waals surface area contributed by atoms with Crippen molar-refractivity contribution in [3.05, 3.63) is 28.8 Å². The zero-order chi connectivity index (χ0) is 17.2. The highest BCUT2D eigenvalue weighted by Crippen LogP contribution is 2.25. The van der Waals surface area contributed by atoms with Crippen molar-refractivity contribution in [1.82, 2.24) is 0 Å². The van der Waals surface area contributed by atoms with Crippen LogP contribution in [0.2, 0.25) is 0 Å². The average Bonchev–Trinajstić information content (AvgIpc) is 2.59. The van der Waals surface area contributed by atoms with E-state index in [9.17, 15) is 9.59 Å². The molecule has 0 saturated carbocycles. The van der Waals surface area contributed by atoms with E-state index in [0.29, 0.717) is 23.3 Å². The number of aliphatic hydroxyl groups is 3. The van der Waals surface area contributed by atoms with Gasteiger partial charge in [0.05, 0.1) is 32.5 Å². The van der Waals surface area contributed by atoms with E-state index in [1.807, 2.05) is 6.92 Å². The molecule has 6 heteroatoms. The van der Waals surface area contributed by atoms with Gasteiger partial charge in [-0.3, -0.25) is 9.59 Å². The molecule has 6 nitrogen and oxygen atoms in total. The maximum atomic E-state index is 10.7. The van der Waals surface area contributed by atoms with Crippen molar-refractivity contribution in [3.63, 3.8) is 0 Å². The van der Waals surface area contributed by atoms with Crippen molar-refractivity contribution in [1.29, 1.82) is 0 Å². The second-order valence-electron chi connectivity index (χ2n) is 5.13. The molecule has 0 fully saturated rings. The predicted octanol–water partition coefficient (Wildman–Crippen LogP) is 0.852. The predicted molar refractivity (Wildman–Crippen MR) is 82.5 cm³/mol. The zero-order valence-corrected chi connectivity index (χ0v) is 13.2. The van der Waals surface area contributed by atoms with Crippen LogP contribution in [0.1, 0.15) is 40.1 Å². The second-order valence-corrected chi connectivity index (χ2v) is 5.13. The van der Waals surface area contributed by atoms with Crippen LogP contribution in [-0.2, 0) is 6.42 Å². The molecular formula is C16H24O6. The molecule has 0 spiro atoms. The summed E-state index contributed by atoms with van der Waals surface area (Å²) in [6, 6.07) is 3.23. The molecule has 1 aromatic rings. The number of aldehydes is 2. The Kier molecular flexibility index (Phi) is 9.24. The van der Waals surface area contributed by atoms with Crippen LogP contribution < -0.4 is 4.74 Å². The molecule has 0 unspecified atom stereocenters. The smallest absolute Gasteiger partial charge is 0.153 e. The monoisotopic (exact) mass is 312 g/mol. The standard InChI is InChI=1S/C11H12O3.C5H12O3/c1-3-10-8(6-12)4-5-9(7-13)11(10)14-2;1-5(2-6,3-7)4-8/h4-7H,3H2,1-2H3;6-8H,2-4H2,1H3. The Morgan fingerprint density at radius 2 is 1.50 bits per heavy atom. The van der Waals surface area contributed by atoms with E-state index in [1.54, 1.807) is 19.1 Å². The van der Waals surface area contributed by atoms with Gasteiger partial charge in [-0.25, -0.2) is 0 Å². The minimum absolute atomic E-state index is 0.181. The van der Waals surface area contributed by atoms with Gasteiger partial charge < -0.3 is 20.1 Å². The van der Waals surface area contributed by atoms with Gasteiger partial charge in [0.2, 0.25) is 0 Å². The van der Waals surface area contributed by atoms with Crippen LogP contribution in [0.4, 0.5) is 0 Å². The highest BCUT2D eigenvalue weighted by Gasteiger charge is 2.20. The molecule has 3 N–H and O–H groups in total. The highest BCUT2D eigenvalue weighted by molar-refractivity contribution is 5.86. The van der Waals surface area contributed by atoms with Crippen molar-refractivity contribution in [2.75, 3.05) is 26.9 Å². The van der Waals surface area contributed by atoms with Crippen LogP contribution in [-0.4, -0.2) is 54.8 Å². The Hall–Kier alpha value is -1.76. The van der Waals surface area contributed by atoms with E-state index in [1.165, 1.54) is 7.11 Å². The molecule has 1 aromatic carbocycles. The van der Waals surface area contributed by atoms with Crippen LogP contribution in [0.5, 0.6) is 5.75 Å².